The number of rotatable bonds is 5. The first-order valence-electron chi connectivity index (χ1n) is 6.39. The number of ether oxygens (including phenoxy) is 1. The van der Waals surface area contributed by atoms with Crippen LogP contribution in [-0.2, 0) is 11.3 Å². The Bertz CT molecular complexity index is 420. The molecule has 18 heavy (non-hydrogen) atoms. The van der Waals surface area contributed by atoms with Gasteiger partial charge >= 0.3 is 0 Å². The Balaban J connectivity index is 1.99. The Morgan fingerprint density at radius 2 is 2.33 bits per heavy atom. The van der Waals surface area contributed by atoms with Crippen molar-refractivity contribution in [3.8, 4) is 5.75 Å². The third kappa shape index (κ3) is 2.82. The Labute approximate surface area is 108 Å². The Morgan fingerprint density at radius 1 is 1.50 bits per heavy atom. The molecule has 1 saturated heterocycles. The molecule has 98 valence electrons. The van der Waals surface area contributed by atoms with Crippen molar-refractivity contribution in [3.05, 3.63) is 29.8 Å². The highest BCUT2D eigenvalue weighted by molar-refractivity contribution is 5.83. The van der Waals surface area contributed by atoms with Gasteiger partial charge in [0.2, 0.25) is 5.91 Å². The number of nitrogens with zero attached hydrogens (tertiary/aromatic N) is 1. The summed E-state index contributed by atoms with van der Waals surface area (Å²) in [4.78, 5) is 14.0. The maximum atomic E-state index is 12.1. The number of hydrogen-bond acceptors (Lipinski definition) is 3. The normalized spacial score (nSPS) is 19.3. The third-order valence-electron chi connectivity index (χ3n) is 3.26. The third-order valence-corrected chi connectivity index (χ3v) is 3.26. The fraction of sp³-hybridized carbons (Fsp3) is 0.500. The largest absolute Gasteiger partial charge is 0.497 e. The zero-order valence-corrected chi connectivity index (χ0v) is 11.0. The van der Waals surface area contributed by atoms with Gasteiger partial charge in [-0.05, 0) is 30.7 Å². The zero-order chi connectivity index (χ0) is 13.0. The molecule has 0 spiro atoms. The summed E-state index contributed by atoms with van der Waals surface area (Å²) >= 11 is 0. The highest BCUT2D eigenvalue weighted by Gasteiger charge is 2.30. The van der Waals surface area contributed by atoms with E-state index in [1.165, 1.54) is 0 Å². The van der Waals surface area contributed by atoms with Crippen LogP contribution in [-0.4, -0.2) is 37.0 Å². The molecule has 1 atom stereocenters. The second kappa shape index (κ2) is 5.87. The van der Waals surface area contributed by atoms with Crippen molar-refractivity contribution in [2.45, 2.75) is 25.9 Å². The fourth-order valence-corrected chi connectivity index (χ4v) is 2.32. The molecule has 1 unspecified atom stereocenters. The lowest BCUT2D eigenvalue weighted by Gasteiger charge is -2.17. The number of amides is 1. The maximum Gasteiger partial charge on any atom is 0.240 e. The quantitative estimate of drug-likeness (QED) is 0.856. The van der Waals surface area contributed by atoms with Crippen LogP contribution in [0.5, 0.6) is 5.75 Å². The number of carbonyl (C=O) groups is 1. The Hall–Kier alpha value is -1.55. The second-order valence-corrected chi connectivity index (χ2v) is 4.51. The molecule has 1 heterocycles. The lowest BCUT2D eigenvalue weighted by molar-refractivity contribution is -0.129. The van der Waals surface area contributed by atoms with E-state index in [9.17, 15) is 4.79 Å². The van der Waals surface area contributed by atoms with Gasteiger partial charge in [0.15, 0.2) is 0 Å². The van der Waals surface area contributed by atoms with E-state index in [1.807, 2.05) is 36.1 Å². The standard InChI is InChI=1S/C14H20N2O2/c1-3-15-13-7-8-16(14(13)17)10-11-5-4-6-12(9-11)18-2/h4-6,9,13,15H,3,7-8,10H2,1-2H3. The van der Waals surface area contributed by atoms with Crippen LogP contribution in [0.4, 0.5) is 0 Å². The second-order valence-electron chi connectivity index (χ2n) is 4.51. The molecule has 1 aromatic rings. The van der Waals surface area contributed by atoms with E-state index in [2.05, 4.69) is 5.32 Å². The molecule has 1 fully saturated rings. The van der Waals surface area contributed by atoms with Crippen LogP contribution in [0, 0.1) is 0 Å². The molecule has 0 saturated carbocycles. The summed E-state index contributed by atoms with van der Waals surface area (Å²) in [6.07, 6.45) is 0.899. The van der Waals surface area contributed by atoms with Crippen molar-refractivity contribution < 1.29 is 9.53 Å². The van der Waals surface area contributed by atoms with Crippen molar-refractivity contribution in [1.29, 1.82) is 0 Å². The maximum absolute atomic E-state index is 12.1. The van der Waals surface area contributed by atoms with E-state index in [4.69, 9.17) is 4.74 Å². The van der Waals surface area contributed by atoms with Gasteiger partial charge < -0.3 is 15.0 Å². The van der Waals surface area contributed by atoms with Gasteiger partial charge in [-0.2, -0.15) is 0 Å². The predicted octanol–water partition coefficient (Wildman–Crippen LogP) is 1.41. The Kier molecular flexibility index (Phi) is 4.20. The first-order valence-corrected chi connectivity index (χ1v) is 6.39. The van der Waals surface area contributed by atoms with Crippen LogP contribution in [0.25, 0.3) is 0 Å². The van der Waals surface area contributed by atoms with E-state index in [-0.39, 0.29) is 11.9 Å². The summed E-state index contributed by atoms with van der Waals surface area (Å²) in [6, 6.07) is 7.87. The fourth-order valence-electron chi connectivity index (χ4n) is 2.32. The van der Waals surface area contributed by atoms with Gasteiger partial charge in [0.1, 0.15) is 5.75 Å². The number of methoxy groups -OCH3 is 1. The molecule has 1 amide bonds. The molecular formula is C14H20N2O2. The first kappa shape index (κ1) is 12.9. The minimum Gasteiger partial charge on any atom is -0.497 e. The molecule has 1 aromatic carbocycles. The number of nitrogens with one attached hydrogen (secondary N) is 1. The number of hydrogen-bond donors (Lipinski definition) is 1. The molecule has 4 nitrogen and oxygen atoms in total. The van der Waals surface area contributed by atoms with Gasteiger partial charge in [0, 0.05) is 13.1 Å². The van der Waals surface area contributed by atoms with Crippen molar-refractivity contribution in [3.63, 3.8) is 0 Å². The number of likely N-dealkylation sites (N-methyl/N-ethyl adjacent to an activating group) is 1. The molecule has 1 aliphatic heterocycles. The topological polar surface area (TPSA) is 41.6 Å². The van der Waals surface area contributed by atoms with E-state index in [0.717, 1.165) is 30.8 Å². The molecule has 4 heteroatoms. The summed E-state index contributed by atoms with van der Waals surface area (Å²) in [5.41, 5.74) is 1.11. The lowest BCUT2D eigenvalue weighted by atomic mass is 10.2. The van der Waals surface area contributed by atoms with Crippen LogP contribution in [0.1, 0.15) is 18.9 Å². The monoisotopic (exact) mass is 248 g/mol. The molecule has 2 rings (SSSR count). The van der Waals surface area contributed by atoms with E-state index < -0.39 is 0 Å². The molecule has 0 aromatic heterocycles. The van der Waals surface area contributed by atoms with Crippen molar-refractivity contribution in [2.75, 3.05) is 20.2 Å². The van der Waals surface area contributed by atoms with Crippen LogP contribution < -0.4 is 10.1 Å². The van der Waals surface area contributed by atoms with E-state index >= 15 is 0 Å². The molecule has 0 aliphatic carbocycles. The molecule has 0 bridgehead atoms. The van der Waals surface area contributed by atoms with Crippen LogP contribution in [0.15, 0.2) is 24.3 Å². The number of likely N-dealkylation sites (tertiary alicyclic amines) is 1. The van der Waals surface area contributed by atoms with Crippen LogP contribution in [0.3, 0.4) is 0 Å². The summed E-state index contributed by atoms with van der Waals surface area (Å²) in [5.74, 6) is 1.04. The SMILES string of the molecule is CCNC1CCN(Cc2cccc(OC)c2)C1=O. The van der Waals surface area contributed by atoms with Gasteiger partial charge in [0.05, 0.1) is 13.2 Å². The van der Waals surface area contributed by atoms with Crippen LogP contribution in [0.2, 0.25) is 0 Å². The van der Waals surface area contributed by atoms with Gasteiger partial charge in [-0.15, -0.1) is 0 Å². The van der Waals surface area contributed by atoms with Gasteiger partial charge in [-0.3, -0.25) is 4.79 Å². The van der Waals surface area contributed by atoms with E-state index in [0.29, 0.717) is 6.54 Å². The minimum absolute atomic E-state index is 0.000563. The smallest absolute Gasteiger partial charge is 0.240 e. The number of benzene rings is 1. The van der Waals surface area contributed by atoms with Gasteiger partial charge in [0.25, 0.3) is 0 Å². The first-order chi connectivity index (χ1) is 8.74. The summed E-state index contributed by atoms with van der Waals surface area (Å²) < 4.78 is 5.19. The summed E-state index contributed by atoms with van der Waals surface area (Å²) in [5, 5.41) is 3.22. The highest BCUT2D eigenvalue weighted by atomic mass is 16.5. The molecule has 1 N–H and O–H groups in total. The average Bonchev–Trinajstić information content (AvgIpc) is 2.72. The predicted molar refractivity (Wildman–Crippen MR) is 70.5 cm³/mol. The lowest BCUT2D eigenvalue weighted by Crippen LogP contribution is -2.37. The van der Waals surface area contributed by atoms with Crippen molar-refractivity contribution in [1.82, 2.24) is 10.2 Å². The van der Waals surface area contributed by atoms with E-state index in [1.54, 1.807) is 7.11 Å². The number of carbonyl (C=O) groups excluding carboxylic acids is 1. The van der Waals surface area contributed by atoms with Crippen molar-refractivity contribution >= 4 is 5.91 Å². The minimum atomic E-state index is 0.000563. The average molecular weight is 248 g/mol. The molecular weight excluding hydrogens is 228 g/mol. The van der Waals surface area contributed by atoms with Gasteiger partial charge in [-0.1, -0.05) is 19.1 Å². The van der Waals surface area contributed by atoms with Crippen molar-refractivity contribution in [2.24, 2.45) is 0 Å². The summed E-state index contributed by atoms with van der Waals surface area (Å²) in [6.45, 7) is 4.35. The zero-order valence-electron chi connectivity index (χ0n) is 11.0. The van der Waals surface area contributed by atoms with Gasteiger partial charge in [-0.25, -0.2) is 0 Å². The van der Waals surface area contributed by atoms with Crippen LogP contribution >= 0.6 is 0 Å². The summed E-state index contributed by atoms with van der Waals surface area (Å²) in [7, 11) is 1.65. The molecule has 0 radical (unpaired) electrons. The molecule has 1 aliphatic rings. The Morgan fingerprint density at radius 3 is 3.06 bits per heavy atom. The highest BCUT2D eigenvalue weighted by Crippen LogP contribution is 2.18.